The van der Waals surface area contributed by atoms with Gasteiger partial charge in [0, 0.05) is 25.3 Å². The summed E-state index contributed by atoms with van der Waals surface area (Å²) in [6, 6.07) is 7.99. The molecule has 1 aromatic rings. The molecular formula is C14H21N3O. The summed E-state index contributed by atoms with van der Waals surface area (Å²) >= 11 is 0. The number of likely N-dealkylation sites (N-methyl/N-ethyl adjacent to an activating group) is 1. The molecule has 1 aromatic carbocycles. The van der Waals surface area contributed by atoms with Crippen LogP contribution >= 0.6 is 0 Å². The molecule has 0 aromatic heterocycles. The topological polar surface area (TPSA) is 35.6 Å². The number of amides is 1. The average Bonchev–Trinajstić information content (AvgIpc) is 2.47. The number of benzene rings is 1. The van der Waals surface area contributed by atoms with Gasteiger partial charge in [-0.25, -0.2) is 0 Å². The summed E-state index contributed by atoms with van der Waals surface area (Å²) in [4.78, 5) is 16.4. The van der Waals surface area contributed by atoms with E-state index in [0.717, 1.165) is 25.3 Å². The molecule has 0 unspecified atom stereocenters. The summed E-state index contributed by atoms with van der Waals surface area (Å²) in [5.41, 5.74) is 2.23. The first-order valence-electron chi connectivity index (χ1n) is 6.37. The van der Waals surface area contributed by atoms with Crippen LogP contribution in [-0.4, -0.2) is 44.0 Å². The first-order chi connectivity index (χ1) is 8.59. The Balaban J connectivity index is 2.29. The summed E-state index contributed by atoms with van der Waals surface area (Å²) in [5, 5.41) is 3.26. The van der Waals surface area contributed by atoms with Crippen molar-refractivity contribution in [3.63, 3.8) is 0 Å². The SMILES string of the molecule is C[C@@H]1NCc2ccccc2N(CCN(C)C)C1=O. The lowest BCUT2D eigenvalue weighted by atomic mass is 10.1. The van der Waals surface area contributed by atoms with Crippen LogP contribution < -0.4 is 10.2 Å². The minimum Gasteiger partial charge on any atom is -0.309 e. The molecule has 1 atom stereocenters. The number of nitrogens with zero attached hydrogens (tertiary/aromatic N) is 2. The molecular weight excluding hydrogens is 226 g/mol. The summed E-state index contributed by atoms with van der Waals surface area (Å²) < 4.78 is 0. The van der Waals surface area contributed by atoms with Gasteiger partial charge in [-0.1, -0.05) is 18.2 Å². The highest BCUT2D eigenvalue weighted by Crippen LogP contribution is 2.23. The second kappa shape index (κ2) is 5.50. The summed E-state index contributed by atoms with van der Waals surface area (Å²) in [6.07, 6.45) is 0. The van der Waals surface area contributed by atoms with Crippen LogP contribution in [0.1, 0.15) is 12.5 Å². The Morgan fingerprint density at radius 1 is 1.39 bits per heavy atom. The number of carbonyl (C=O) groups excluding carboxylic acids is 1. The van der Waals surface area contributed by atoms with Crippen LogP contribution in [0.25, 0.3) is 0 Å². The molecule has 1 N–H and O–H groups in total. The van der Waals surface area contributed by atoms with Gasteiger partial charge in [0.25, 0.3) is 0 Å². The van der Waals surface area contributed by atoms with Crippen molar-refractivity contribution >= 4 is 11.6 Å². The van der Waals surface area contributed by atoms with E-state index in [-0.39, 0.29) is 11.9 Å². The van der Waals surface area contributed by atoms with Crippen molar-refractivity contribution in [2.24, 2.45) is 0 Å². The maximum absolute atomic E-state index is 12.4. The van der Waals surface area contributed by atoms with E-state index in [0.29, 0.717) is 0 Å². The number of carbonyl (C=O) groups is 1. The molecule has 2 rings (SSSR count). The number of hydrogen-bond acceptors (Lipinski definition) is 3. The lowest BCUT2D eigenvalue weighted by Crippen LogP contribution is -2.44. The molecule has 0 saturated carbocycles. The normalized spacial score (nSPS) is 19.9. The summed E-state index contributed by atoms with van der Waals surface area (Å²) in [7, 11) is 4.05. The van der Waals surface area contributed by atoms with Gasteiger partial charge in [0.2, 0.25) is 5.91 Å². The molecule has 0 fully saturated rings. The van der Waals surface area contributed by atoms with Crippen molar-refractivity contribution in [3.8, 4) is 0 Å². The molecule has 0 spiro atoms. The quantitative estimate of drug-likeness (QED) is 0.868. The predicted molar refractivity (Wildman–Crippen MR) is 73.7 cm³/mol. The van der Waals surface area contributed by atoms with Crippen molar-refractivity contribution in [2.75, 3.05) is 32.1 Å². The Bertz CT molecular complexity index is 431. The van der Waals surface area contributed by atoms with Gasteiger partial charge < -0.3 is 15.1 Å². The molecule has 0 bridgehead atoms. The van der Waals surface area contributed by atoms with E-state index in [1.807, 2.05) is 44.1 Å². The second-order valence-electron chi connectivity index (χ2n) is 5.02. The van der Waals surface area contributed by atoms with E-state index in [1.165, 1.54) is 5.56 Å². The van der Waals surface area contributed by atoms with Crippen molar-refractivity contribution in [2.45, 2.75) is 19.5 Å². The van der Waals surface area contributed by atoms with Crippen LogP contribution in [0.2, 0.25) is 0 Å². The van der Waals surface area contributed by atoms with Gasteiger partial charge in [0.15, 0.2) is 0 Å². The number of hydrogen-bond donors (Lipinski definition) is 1. The van der Waals surface area contributed by atoms with Crippen LogP contribution in [0.4, 0.5) is 5.69 Å². The number of fused-ring (bicyclic) bond motifs is 1. The Labute approximate surface area is 109 Å². The maximum atomic E-state index is 12.4. The third-order valence-electron chi connectivity index (χ3n) is 3.29. The lowest BCUT2D eigenvalue weighted by molar-refractivity contribution is -0.120. The Hall–Kier alpha value is -1.39. The van der Waals surface area contributed by atoms with Gasteiger partial charge in [-0.05, 0) is 32.6 Å². The number of nitrogens with one attached hydrogen (secondary N) is 1. The van der Waals surface area contributed by atoms with Gasteiger partial charge in [-0.3, -0.25) is 4.79 Å². The third kappa shape index (κ3) is 2.71. The number of para-hydroxylation sites is 1. The van der Waals surface area contributed by atoms with E-state index >= 15 is 0 Å². The zero-order valence-electron chi connectivity index (χ0n) is 11.3. The second-order valence-corrected chi connectivity index (χ2v) is 5.02. The fraction of sp³-hybridized carbons (Fsp3) is 0.500. The molecule has 18 heavy (non-hydrogen) atoms. The molecule has 4 nitrogen and oxygen atoms in total. The zero-order valence-corrected chi connectivity index (χ0v) is 11.3. The molecule has 1 aliphatic heterocycles. The highest BCUT2D eigenvalue weighted by atomic mass is 16.2. The molecule has 0 radical (unpaired) electrons. The average molecular weight is 247 g/mol. The van der Waals surface area contributed by atoms with Gasteiger partial charge in [-0.2, -0.15) is 0 Å². The first-order valence-corrected chi connectivity index (χ1v) is 6.37. The highest BCUT2D eigenvalue weighted by molar-refractivity contribution is 5.98. The van der Waals surface area contributed by atoms with Crippen LogP contribution in [-0.2, 0) is 11.3 Å². The monoisotopic (exact) mass is 247 g/mol. The van der Waals surface area contributed by atoms with Crippen LogP contribution in [0.15, 0.2) is 24.3 Å². The smallest absolute Gasteiger partial charge is 0.243 e. The number of rotatable bonds is 3. The van der Waals surface area contributed by atoms with Crippen molar-refractivity contribution in [1.82, 2.24) is 10.2 Å². The van der Waals surface area contributed by atoms with Crippen molar-refractivity contribution in [1.29, 1.82) is 0 Å². The Kier molecular flexibility index (Phi) is 3.99. The standard InChI is InChI=1S/C14H21N3O/c1-11-14(18)17(9-8-16(2)3)13-7-5-4-6-12(13)10-15-11/h4-7,11,15H,8-10H2,1-3H3/t11-/m0/s1. The van der Waals surface area contributed by atoms with Crippen molar-refractivity contribution < 1.29 is 4.79 Å². The molecule has 1 aliphatic rings. The lowest BCUT2D eigenvalue weighted by Gasteiger charge is -2.25. The predicted octanol–water partition coefficient (Wildman–Crippen LogP) is 1.07. The minimum absolute atomic E-state index is 0.125. The molecule has 98 valence electrons. The van der Waals surface area contributed by atoms with Gasteiger partial charge in [0.05, 0.1) is 6.04 Å². The van der Waals surface area contributed by atoms with Gasteiger partial charge in [0.1, 0.15) is 0 Å². The van der Waals surface area contributed by atoms with Crippen LogP contribution in [0.3, 0.4) is 0 Å². The minimum atomic E-state index is -0.125. The number of anilines is 1. The van der Waals surface area contributed by atoms with Crippen LogP contribution in [0, 0.1) is 0 Å². The molecule has 4 heteroatoms. The van der Waals surface area contributed by atoms with Gasteiger partial charge >= 0.3 is 0 Å². The summed E-state index contributed by atoms with van der Waals surface area (Å²) in [6.45, 7) is 4.28. The molecule has 1 heterocycles. The molecule has 0 aliphatic carbocycles. The fourth-order valence-electron chi connectivity index (χ4n) is 2.16. The van der Waals surface area contributed by atoms with Crippen LogP contribution in [0.5, 0.6) is 0 Å². The Morgan fingerprint density at radius 3 is 2.83 bits per heavy atom. The van der Waals surface area contributed by atoms with E-state index in [4.69, 9.17) is 0 Å². The van der Waals surface area contributed by atoms with E-state index < -0.39 is 0 Å². The largest absolute Gasteiger partial charge is 0.309 e. The Morgan fingerprint density at radius 2 is 2.11 bits per heavy atom. The van der Waals surface area contributed by atoms with E-state index in [2.05, 4.69) is 16.3 Å². The fourth-order valence-corrected chi connectivity index (χ4v) is 2.16. The van der Waals surface area contributed by atoms with E-state index in [1.54, 1.807) is 0 Å². The highest BCUT2D eigenvalue weighted by Gasteiger charge is 2.26. The zero-order chi connectivity index (χ0) is 13.1. The summed E-state index contributed by atoms with van der Waals surface area (Å²) in [5.74, 6) is 0.154. The maximum Gasteiger partial charge on any atom is 0.243 e. The first kappa shape index (κ1) is 13.1. The third-order valence-corrected chi connectivity index (χ3v) is 3.29. The molecule has 0 saturated heterocycles. The van der Waals surface area contributed by atoms with Gasteiger partial charge in [-0.15, -0.1) is 0 Å². The molecule has 1 amide bonds. The van der Waals surface area contributed by atoms with E-state index in [9.17, 15) is 4.79 Å². The van der Waals surface area contributed by atoms with Crippen molar-refractivity contribution in [3.05, 3.63) is 29.8 Å².